The van der Waals surface area contributed by atoms with Crippen molar-refractivity contribution in [2.75, 3.05) is 15.8 Å². The largest absolute Gasteiger partial charge is 0.325 e. The van der Waals surface area contributed by atoms with Gasteiger partial charge in [0.25, 0.3) is 10.0 Å². The molecule has 3 rings (SSSR count). The lowest BCUT2D eigenvalue weighted by molar-refractivity contribution is -0.113. The van der Waals surface area contributed by atoms with Crippen LogP contribution in [0.15, 0.2) is 65.6 Å². The molecular weight excluding hydrogens is 420 g/mol. The quantitative estimate of drug-likeness (QED) is 0.551. The minimum absolute atomic E-state index is 0.0281. The van der Waals surface area contributed by atoms with Gasteiger partial charge in [-0.3, -0.25) is 4.79 Å². The second kappa shape index (κ2) is 9.73. The molecule has 156 valence electrons. The molecule has 9 heteroatoms. The Morgan fingerprint density at radius 3 is 2.23 bits per heavy atom. The number of benzene rings is 2. The molecule has 0 radical (unpaired) electrons. The van der Waals surface area contributed by atoms with Gasteiger partial charge in [0.1, 0.15) is 0 Å². The lowest BCUT2D eigenvalue weighted by Crippen LogP contribution is -2.16. The van der Waals surface area contributed by atoms with Crippen molar-refractivity contribution in [1.29, 1.82) is 0 Å². The van der Waals surface area contributed by atoms with E-state index in [-0.39, 0.29) is 16.8 Å². The molecule has 0 atom stereocenters. The van der Waals surface area contributed by atoms with Crippen LogP contribution in [0, 0.1) is 13.8 Å². The highest BCUT2D eigenvalue weighted by Gasteiger charge is 2.16. The van der Waals surface area contributed by atoms with E-state index in [0.29, 0.717) is 22.8 Å². The number of sulfonamides is 1. The third-order valence-electron chi connectivity index (χ3n) is 4.00. The van der Waals surface area contributed by atoms with E-state index in [9.17, 15) is 13.2 Å². The molecule has 0 aliphatic carbocycles. The summed E-state index contributed by atoms with van der Waals surface area (Å²) in [5.74, 6) is 0.937. The summed E-state index contributed by atoms with van der Waals surface area (Å²) in [6, 6.07) is 17.6. The number of thioether (sulfide) groups is 1. The molecule has 0 bridgehead atoms. The summed E-state index contributed by atoms with van der Waals surface area (Å²) in [5.41, 5.74) is 3.03. The fourth-order valence-corrected chi connectivity index (χ4v) is 4.43. The van der Waals surface area contributed by atoms with Crippen LogP contribution >= 0.6 is 11.8 Å². The molecule has 0 saturated carbocycles. The highest BCUT2D eigenvalue weighted by atomic mass is 32.2. The number of hydrogen-bond acceptors (Lipinski definition) is 6. The number of nitrogens with zero attached hydrogens (tertiary/aromatic N) is 2. The van der Waals surface area contributed by atoms with Crippen molar-refractivity contribution in [3.63, 3.8) is 0 Å². The fourth-order valence-electron chi connectivity index (χ4n) is 2.70. The predicted octanol–water partition coefficient (Wildman–Crippen LogP) is 3.77. The Labute approximate surface area is 180 Å². The van der Waals surface area contributed by atoms with Crippen LogP contribution in [0.3, 0.4) is 0 Å². The van der Waals surface area contributed by atoms with E-state index in [1.165, 1.54) is 23.9 Å². The number of aryl methyl sites for hydroxylation is 2. The number of carbonyl (C=O) groups excluding carboxylic acids is 1. The van der Waals surface area contributed by atoms with Crippen LogP contribution in [-0.2, 0) is 20.6 Å². The lowest BCUT2D eigenvalue weighted by Gasteiger charge is -2.09. The maximum absolute atomic E-state index is 12.6. The Balaban J connectivity index is 1.56. The van der Waals surface area contributed by atoms with E-state index in [4.69, 9.17) is 0 Å². The average Bonchev–Trinajstić information content (AvgIpc) is 2.68. The van der Waals surface area contributed by atoms with Crippen LogP contribution < -0.4 is 10.0 Å². The third kappa shape index (κ3) is 6.30. The topological polar surface area (TPSA) is 101 Å². The van der Waals surface area contributed by atoms with Crippen molar-refractivity contribution in [3.05, 3.63) is 77.6 Å². The Bertz CT molecular complexity index is 1100. The molecule has 0 aliphatic heterocycles. The van der Waals surface area contributed by atoms with E-state index >= 15 is 0 Å². The number of carbonyl (C=O) groups is 1. The zero-order valence-corrected chi connectivity index (χ0v) is 18.3. The first-order valence-electron chi connectivity index (χ1n) is 9.18. The highest BCUT2D eigenvalue weighted by molar-refractivity contribution is 7.99. The van der Waals surface area contributed by atoms with Crippen molar-refractivity contribution in [2.24, 2.45) is 0 Å². The van der Waals surface area contributed by atoms with E-state index in [2.05, 4.69) is 20.0 Å². The summed E-state index contributed by atoms with van der Waals surface area (Å²) >= 11 is 1.51. The first kappa shape index (κ1) is 21.8. The summed E-state index contributed by atoms with van der Waals surface area (Å²) in [6.45, 7) is 3.53. The maximum atomic E-state index is 12.6. The van der Waals surface area contributed by atoms with E-state index < -0.39 is 10.0 Å². The third-order valence-corrected chi connectivity index (χ3v) is 6.35. The van der Waals surface area contributed by atoms with Gasteiger partial charge in [-0.05, 0) is 49.7 Å². The van der Waals surface area contributed by atoms with Gasteiger partial charge in [-0.2, -0.15) is 0 Å². The van der Waals surface area contributed by atoms with Crippen molar-refractivity contribution < 1.29 is 13.2 Å². The SMILES string of the molecule is Cc1cc(C)nc(NS(=O)(=O)c2ccc(NC(=O)CSCc3ccccc3)cc2)n1. The van der Waals surface area contributed by atoms with Gasteiger partial charge >= 0.3 is 0 Å². The summed E-state index contributed by atoms with van der Waals surface area (Å²) in [4.78, 5) is 20.4. The molecule has 0 spiro atoms. The number of rotatable bonds is 8. The van der Waals surface area contributed by atoms with Crippen LogP contribution in [0.5, 0.6) is 0 Å². The molecule has 2 aromatic carbocycles. The summed E-state index contributed by atoms with van der Waals surface area (Å²) in [5, 5.41) is 2.77. The van der Waals surface area contributed by atoms with Gasteiger partial charge in [0.2, 0.25) is 11.9 Å². The molecule has 0 fully saturated rings. The Morgan fingerprint density at radius 2 is 1.60 bits per heavy atom. The standard InChI is InChI=1S/C21H22N4O3S2/c1-15-12-16(2)23-21(22-15)25-30(27,28)19-10-8-18(9-11-19)24-20(26)14-29-13-17-6-4-3-5-7-17/h3-12H,13-14H2,1-2H3,(H,24,26)(H,22,23,25). The van der Waals surface area contributed by atoms with E-state index in [1.807, 2.05) is 30.3 Å². The molecule has 1 aromatic heterocycles. The number of amides is 1. The fraction of sp³-hybridized carbons (Fsp3) is 0.190. The number of aromatic nitrogens is 2. The van der Waals surface area contributed by atoms with Gasteiger partial charge in [0.15, 0.2) is 0 Å². The van der Waals surface area contributed by atoms with Crippen LogP contribution in [0.1, 0.15) is 17.0 Å². The molecule has 1 heterocycles. The van der Waals surface area contributed by atoms with Crippen molar-refractivity contribution in [3.8, 4) is 0 Å². The van der Waals surface area contributed by atoms with Gasteiger partial charge in [-0.25, -0.2) is 23.1 Å². The molecular formula is C21H22N4O3S2. The van der Waals surface area contributed by atoms with Gasteiger partial charge in [-0.15, -0.1) is 11.8 Å². The van der Waals surface area contributed by atoms with Gasteiger partial charge in [0, 0.05) is 22.8 Å². The predicted molar refractivity (Wildman–Crippen MR) is 120 cm³/mol. The molecule has 0 unspecified atom stereocenters. The van der Waals surface area contributed by atoms with Crippen molar-refractivity contribution in [2.45, 2.75) is 24.5 Å². The Morgan fingerprint density at radius 1 is 0.967 bits per heavy atom. The van der Waals surface area contributed by atoms with Gasteiger partial charge < -0.3 is 5.32 Å². The van der Waals surface area contributed by atoms with Crippen LogP contribution in [-0.4, -0.2) is 30.0 Å². The minimum atomic E-state index is -3.83. The number of nitrogens with one attached hydrogen (secondary N) is 2. The summed E-state index contributed by atoms with van der Waals surface area (Å²) in [6.07, 6.45) is 0. The summed E-state index contributed by atoms with van der Waals surface area (Å²) in [7, 11) is -3.83. The normalized spacial score (nSPS) is 11.1. The molecule has 7 nitrogen and oxygen atoms in total. The second-order valence-electron chi connectivity index (χ2n) is 6.63. The summed E-state index contributed by atoms with van der Waals surface area (Å²) < 4.78 is 27.5. The van der Waals surface area contributed by atoms with Crippen LogP contribution in [0.25, 0.3) is 0 Å². The number of anilines is 2. The molecule has 0 aliphatic rings. The van der Waals surface area contributed by atoms with E-state index in [0.717, 1.165) is 11.3 Å². The van der Waals surface area contributed by atoms with Gasteiger partial charge in [0.05, 0.1) is 10.6 Å². The molecule has 30 heavy (non-hydrogen) atoms. The maximum Gasteiger partial charge on any atom is 0.264 e. The molecule has 2 N–H and O–H groups in total. The van der Waals surface area contributed by atoms with Crippen LogP contribution in [0.2, 0.25) is 0 Å². The smallest absolute Gasteiger partial charge is 0.264 e. The minimum Gasteiger partial charge on any atom is -0.325 e. The number of hydrogen-bond donors (Lipinski definition) is 2. The highest BCUT2D eigenvalue weighted by Crippen LogP contribution is 2.18. The van der Waals surface area contributed by atoms with Crippen molar-refractivity contribution in [1.82, 2.24) is 9.97 Å². The molecule has 3 aromatic rings. The second-order valence-corrected chi connectivity index (χ2v) is 9.30. The Kier molecular flexibility index (Phi) is 7.07. The van der Waals surface area contributed by atoms with Crippen LogP contribution in [0.4, 0.5) is 11.6 Å². The van der Waals surface area contributed by atoms with Crippen molar-refractivity contribution >= 4 is 39.3 Å². The lowest BCUT2D eigenvalue weighted by atomic mass is 10.2. The Hall–Kier alpha value is -2.91. The first-order valence-corrected chi connectivity index (χ1v) is 11.8. The van der Waals surface area contributed by atoms with E-state index in [1.54, 1.807) is 32.0 Å². The zero-order chi connectivity index (χ0) is 21.6. The van der Waals surface area contributed by atoms with Gasteiger partial charge in [-0.1, -0.05) is 30.3 Å². The zero-order valence-electron chi connectivity index (χ0n) is 16.6. The monoisotopic (exact) mass is 442 g/mol. The average molecular weight is 443 g/mol. The molecule has 0 saturated heterocycles. The first-order chi connectivity index (χ1) is 14.3. The molecule has 1 amide bonds.